The summed E-state index contributed by atoms with van der Waals surface area (Å²) in [5.41, 5.74) is 8.31. The van der Waals surface area contributed by atoms with Crippen LogP contribution in [0.1, 0.15) is 28.5 Å². The van der Waals surface area contributed by atoms with Crippen molar-refractivity contribution in [2.75, 3.05) is 5.73 Å². The second kappa shape index (κ2) is 9.86. The maximum Gasteiger partial charge on any atom is 0.281 e. The summed E-state index contributed by atoms with van der Waals surface area (Å²) < 4.78 is 47.5. The van der Waals surface area contributed by atoms with Crippen LogP contribution in [-0.4, -0.2) is 29.4 Å². The molecule has 2 aromatic carbocycles. The molecule has 0 bridgehead atoms. The van der Waals surface area contributed by atoms with Gasteiger partial charge in [0.05, 0.1) is 5.69 Å². The van der Waals surface area contributed by atoms with E-state index >= 15 is 0 Å². The van der Waals surface area contributed by atoms with Gasteiger partial charge in [-0.05, 0) is 68.3 Å². The van der Waals surface area contributed by atoms with E-state index in [1.807, 2.05) is 37.6 Å². The predicted octanol–water partition coefficient (Wildman–Crippen LogP) is 4.65. The predicted molar refractivity (Wildman–Crippen MR) is 137 cm³/mol. The van der Waals surface area contributed by atoms with Crippen LogP contribution in [0.2, 0.25) is 0 Å². The van der Waals surface area contributed by atoms with Crippen molar-refractivity contribution in [2.45, 2.75) is 25.8 Å². The highest BCUT2D eigenvalue weighted by molar-refractivity contribution is 7.90. The maximum atomic E-state index is 13.9. The Bertz CT molecular complexity index is 1600. The molecule has 0 fully saturated rings. The lowest BCUT2D eigenvalue weighted by Crippen LogP contribution is -2.31. The molecule has 2 heterocycles. The lowest BCUT2D eigenvalue weighted by Gasteiger charge is -2.16. The first-order valence-electron chi connectivity index (χ1n) is 11.0. The number of benzene rings is 2. The van der Waals surface area contributed by atoms with Crippen LogP contribution in [-0.2, 0) is 10.0 Å². The van der Waals surface area contributed by atoms with E-state index in [-0.39, 0.29) is 35.7 Å². The van der Waals surface area contributed by atoms with E-state index in [1.165, 1.54) is 36.4 Å². The number of carbonyl (C=O) groups is 1. The number of hydrogen-bond donors (Lipinski definition) is 3. The van der Waals surface area contributed by atoms with Crippen molar-refractivity contribution in [3.63, 3.8) is 0 Å². The van der Waals surface area contributed by atoms with E-state index in [0.717, 1.165) is 28.8 Å². The number of phenols is 1. The van der Waals surface area contributed by atoms with E-state index in [0.29, 0.717) is 5.75 Å². The number of amides is 1. The van der Waals surface area contributed by atoms with Crippen LogP contribution in [0.25, 0.3) is 11.3 Å². The summed E-state index contributed by atoms with van der Waals surface area (Å²) in [4.78, 5) is 21.3. The zero-order chi connectivity index (χ0) is 26.9. The molecule has 4 rings (SSSR count). The largest absolute Gasteiger partial charge is 0.508 e. The van der Waals surface area contributed by atoms with Crippen molar-refractivity contribution >= 4 is 21.7 Å². The van der Waals surface area contributed by atoms with Gasteiger partial charge in [-0.1, -0.05) is 23.8 Å². The Morgan fingerprint density at radius 3 is 2.38 bits per heavy atom. The van der Waals surface area contributed by atoms with Crippen LogP contribution in [0.3, 0.4) is 0 Å². The molecule has 11 heteroatoms. The lowest BCUT2D eigenvalue weighted by atomic mass is 10.1. The highest BCUT2D eigenvalue weighted by atomic mass is 32.2. The molecule has 0 unspecified atom stereocenters. The minimum absolute atomic E-state index is 0. The van der Waals surface area contributed by atoms with Gasteiger partial charge in [0.25, 0.3) is 15.9 Å². The molecule has 0 aliphatic rings. The number of aryl methyl sites for hydroxylation is 3. The molecule has 2 aromatic heterocycles. The number of sulfonamides is 1. The van der Waals surface area contributed by atoms with Crippen LogP contribution < -0.4 is 15.2 Å². The van der Waals surface area contributed by atoms with Gasteiger partial charge < -0.3 is 15.6 Å². The Hall–Kier alpha value is -4.51. The van der Waals surface area contributed by atoms with Gasteiger partial charge in [-0.15, -0.1) is 0 Å². The number of nitrogen functional groups attached to an aromatic ring is 1. The number of phenolic OH excluding ortho intramolecular Hbond substituents is 1. The third-order valence-electron chi connectivity index (χ3n) is 5.33. The van der Waals surface area contributed by atoms with Crippen molar-refractivity contribution < 1.29 is 28.9 Å². The third kappa shape index (κ3) is 5.67. The van der Waals surface area contributed by atoms with Gasteiger partial charge in [0, 0.05) is 13.1 Å². The molecule has 0 aliphatic carbocycles. The van der Waals surface area contributed by atoms with Crippen molar-refractivity contribution in [3.8, 4) is 28.6 Å². The molecule has 0 saturated heterocycles. The van der Waals surface area contributed by atoms with Crippen molar-refractivity contribution in [1.29, 1.82) is 0 Å². The Morgan fingerprint density at radius 2 is 1.73 bits per heavy atom. The summed E-state index contributed by atoms with van der Waals surface area (Å²) in [6, 6.07) is 13.8. The molecular formula is C26H25FN4O5S. The van der Waals surface area contributed by atoms with Gasteiger partial charge >= 0.3 is 0 Å². The van der Waals surface area contributed by atoms with Crippen LogP contribution in [0, 0.1) is 26.6 Å². The first-order valence-corrected chi connectivity index (χ1v) is 12.5. The van der Waals surface area contributed by atoms with Gasteiger partial charge in [0.15, 0.2) is 5.03 Å². The van der Waals surface area contributed by atoms with Crippen LogP contribution in [0.15, 0.2) is 65.7 Å². The molecular weight excluding hydrogens is 499 g/mol. The van der Waals surface area contributed by atoms with Gasteiger partial charge in [-0.2, -0.15) is 8.42 Å². The summed E-state index contributed by atoms with van der Waals surface area (Å²) in [7, 11) is -4.37. The molecule has 0 radical (unpaired) electrons. The number of aromatic nitrogens is 2. The Labute approximate surface area is 214 Å². The number of nitrogens with one attached hydrogen (secondary N) is 1. The number of carbonyl (C=O) groups excluding carboxylic acids is 1. The SMILES string of the molecule is Cc1cc(C)c(Oc2nc(-c3cc(O)cc(F)c3)ccc2C(=O)NS(=O)(=O)c2cccc(N)n2)c(C)c1.[HH]. The minimum Gasteiger partial charge on any atom is -0.508 e. The van der Waals surface area contributed by atoms with Crippen LogP contribution in [0.5, 0.6) is 17.4 Å². The summed E-state index contributed by atoms with van der Waals surface area (Å²) in [5, 5.41) is 9.38. The van der Waals surface area contributed by atoms with Gasteiger partial charge in [0.2, 0.25) is 5.88 Å². The van der Waals surface area contributed by atoms with E-state index in [4.69, 9.17) is 10.5 Å². The number of rotatable bonds is 6. The van der Waals surface area contributed by atoms with Crippen LogP contribution >= 0.6 is 0 Å². The van der Waals surface area contributed by atoms with Crippen molar-refractivity contribution in [1.82, 2.24) is 14.7 Å². The molecule has 4 aromatic rings. The molecule has 0 saturated carbocycles. The number of hydrogen-bond acceptors (Lipinski definition) is 8. The fourth-order valence-electron chi connectivity index (χ4n) is 3.81. The monoisotopic (exact) mass is 524 g/mol. The number of pyridine rings is 2. The summed E-state index contributed by atoms with van der Waals surface area (Å²) >= 11 is 0. The number of nitrogens with zero attached hydrogens (tertiary/aromatic N) is 2. The van der Waals surface area contributed by atoms with Crippen LogP contribution in [0.4, 0.5) is 10.2 Å². The standard InChI is InChI=1S/C26H23FN4O5S.H2/c1-14-9-15(2)24(16(3)10-14)36-26-20(7-8-21(29-26)17-11-18(27)13-19(32)12-17)25(33)31-37(34,35)23-6-4-5-22(28)30-23;/h4-13,32H,1-3H3,(H2,28,30)(H,31,33);1H. The maximum absolute atomic E-state index is 13.9. The number of aromatic hydroxyl groups is 1. The van der Waals surface area contributed by atoms with Crippen molar-refractivity contribution in [2.24, 2.45) is 0 Å². The smallest absolute Gasteiger partial charge is 0.281 e. The van der Waals surface area contributed by atoms with Gasteiger partial charge in [0.1, 0.15) is 28.7 Å². The number of ether oxygens (including phenoxy) is 1. The number of anilines is 1. The average molecular weight is 525 g/mol. The van der Waals surface area contributed by atoms with Crippen molar-refractivity contribution in [3.05, 3.63) is 88.7 Å². The summed E-state index contributed by atoms with van der Waals surface area (Å²) in [6.07, 6.45) is 0. The number of halogens is 1. The van der Waals surface area contributed by atoms with E-state index in [9.17, 15) is 22.7 Å². The van der Waals surface area contributed by atoms with E-state index < -0.39 is 26.8 Å². The number of nitrogens with two attached hydrogens (primary N) is 1. The zero-order valence-corrected chi connectivity index (χ0v) is 20.9. The highest BCUT2D eigenvalue weighted by Crippen LogP contribution is 2.33. The van der Waals surface area contributed by atoms with Gasteiger partial charge in [-0.3, -0.25) is 4.79 Å². The Kier molecular flexibility index (Phi) is 6.82. The normalized spacial score (nSPS) is 11.2. The Balaban J connectivity index is 0.00000400. The minimum atomic E-state index is -4.37. The quantitative estimate of drug-likeness (QED) is 0.330. The summed E-state index contributed by atoms with van der Waals surface area (Å²) in [5.74, 6) is -1.85. The average Bonchev–Trinajstić information content (AvgIpc) is 2.80. The first-order chi connectivity index (χ1) is 17.4. The molecule has 1 amide bonds. The second-order valence-corrected chi connectivity index (χ2v) is 10.0. The fourth-order valence-corrected chi connectivity index (χ4v) is 4.75. The zero-order valence-electron chi connectivity index (χ0n) is 20.1. The first kappa shape index (κ1) is 25.6. The second-order valence-electron chi connectivity index (χ2n) is 8.41. The van der Waals surface area contributed by atoms with E-state index in [2.05, 4.69) is 9.97 Å². The topological polar surface area (TPSA) is 144 Å². The highest BCUT2D eigenvalue weighted by Gasteiger charge is 2.25. The Morgan fingerprint density at radius 1 is 1.03 bits per heavy atom. The van der Waals surface area contributed by atoms with E-state index in [1.54, 1.807) is 0 Å². The molecule has 0 aliphatic heterocycles. The molecule has 0 atom stereocenters. The fraction of sp³-hybridized carbons (Fsp3) is 0.115. The molecule has 0 spiro atoms. The van der Waals surface area contributed by atoms with Gasteiger partial charge in [-0.25, -0.2) is 19.1 Å². The molecule has 37 heavy (non-hydrogen) atoms. The summed E-state index contributed by atoms with van der Waals surface area (Å²) in [6.45, 7) is 5.56. The molecule has 192 valence electrons. The molecule has 9 nitrogen and oxygen atoms in total. The molecule has 4 N–H and O–H groups in total. The third-order valence-corrected chi connectivity index (χ3v) is 6.57. The lowest BCUT2D eigenvalue weighted by molar-refractivity contribution is 0.0978.